The molecule has 0 spiro atoms. The quantitative estimate of drug-likeness (QED) is 0.786. The molecule has 23 heavy (non-hydrogen) atoms. The maximum Gasteiger partial charge on any atom is 0.233 e. The third-order valence-corrected chi connectivity index (χ3v) is 5.52. The second-order valence-corrected chi connectivity index (χ2v) is 7.08. The lowest BCUT2D eigenvalue weighted by Gasteiger charge is -2.12. The first-order valence-corrected chi connectivity index (χ1v) is 8.80. The van der Waals surface area contributed by atoms with Gasteiger partial charge in [0, 0.05) is 11.9 Å². The summed E-state index contributed by atoms with van der Waals surface area (Å²) in [7, 11) is 0. The van der Waals surface area contributed by atoms with Crippen molar-refractivity contribution in [3.05, 3.63) is 35.9 Å². The molecule has 3 heterocycles. The van der Waals surface area contributed by atoms with Crippen molar-refractivity contribution in [2.45, 2.75) is 36.6 Å². The van der Waals surface area contributed by atoms with Gasteiger partial charge >= 0.3 is 0 Å². The Balaban J connectivity index is 1.81. The number of para-hydroxylation sites is 1. The summed E-state index contributed by atoms with van der Waals surface area (Å²) >= 11 is 1.52. The van der Waals surface area contributed by atoms with E-state index in [0.29, 0.717) is 0 Å². The summed E-state index contributed by atoms with van der Waals surface area (Å²) in [5.74, 6) is 0.112. The zero-order valence-corrected chi connectivity index (χ0v) is 13.8. The number of aromatic nitrogens is 3. The Hall–Kier alpha value is -2.08. The molecular formula is C17H18N4OS. The number of carbonyl (C=O) groups is 1. The lowest BCUT2D eigenvalue weighted by molar-refractivity contribution is -0.120. The van der Waals surface area contributed by atoms with Crippen molar-refractivity contribution in [2.75, 3.05) is 6.54 Å². The number of aryl methyl sites for hydroxylation is 1. The lowest BCUT2D eigenvalue weighted by atomic mass is 10.1. The first kappa shape index (κ1) is 14.5. The molecular weight excluding hydrogens is 308 g/mol. The topological polar surface area (TPSA) is 59.3 Å². The van der Waals surface area contributed by atoms with E-state index in [-0.39, 0.29) is 11.2 Å². The highest BCUT2D eigenvalue weighted by atomic mass is 32.2. The smallest absolute Gasteiger partial charge is 0.233 e. The second kappa shape index (κ2) is 5.85. The maximum absolute atomic E-state index is 12.2. The van der Waals surface area contributed by atoms with Gasteiger partial charge in [-0.1, -0.05) is 36.4 Å². The van der Waals surface area contributed by atoms with Crippen molar-refractivity contribution >= 4 is 34.2 Å². The van der Waals surface area contributed by atoms with Crippen LogP contribution in [0, 0.1) is 6.92 Å². The van der Waals surface area contributed by atoms with Crippen molar-refractivity contribution in [3.63, 3.8) is 0 Å². The predicted octanol–water partition coefficient (Wildman–Crippen LogP) is 2.95. The highest BCUT2D eigenvalue weighted by Gasteiger charge is 2.24. The molecule has 1 atom stereocenters. The molecule has 1 aromatic carbocycles. The minimum absolute atomic E-state index is 0.0926. The molecule has 1 aliphatic heterocycles. The Morgan fingerprint density at radius 1 is 1.26 bits per heavy atom. The molecule has 1 N–H and O–H groups in total. The van der Waals surface area contributed by atoms with Gasteiger partial charge < -0.3 is 5.32 Å². The van der Waals surface area contributed by atoms with Gasteiger partial charge in [0.15, 0.2) is 10.8 Å². The van der Waals surface area contributed by atoms with E-state index < -0.39 is 0 Å². The van der Waals surface area contributed by atoms with Gasteiger partial charge in [0.1, 0.15) is 0 Å². The van der Waals surface area contributed by atoms with Crippen molar-refractivity contribution in [1.29, 1.82) is 0 Å². The molecule has 3 aromatic rings. The maximum atomic E-state index is 12.2. The van der Waals surface area contributed by atoms with Crippen molar-refractivity contribution in [1.82, 2.24) is 19.9 Å². The molecule has 5 nitrogen and oxygen atoms in total. The number of pyridine rings is 1. The molecule has 1 amide bonds. The van der Waals surface area contributed by atoms with Crippen molar-refractivity contribution < 1.29 is 4.79 Å². The summed E-state index contributed by atoms with van der Waals surface area (Å²) in [5, 5.41) is 13.5. The molecule has 0 aliphatic carbocycles. The molecule has 4 rings (SSSR count). The Kier molecular flexibility index (Phi) is 3.69. The molecule has 2 aromatic heterocycles. The van der Waals surface area contributed by atoms with Gasteiger partial charge in [0.25, 0.3) is 0 Å². The van der Waals surface area contributed by atoms with Gasteiger partial charge in [-0.15, -0.1) is 10.2 Å². The van der Waals surface area contributed by atoms with E-state index in [1.165, 1.54) is 22.7 Å². The molecule has 118 valence electrons. The fraction of sp³-hybridized carbons (Fsp3) is 0.353. The van der Waals surface area contributed by atoms with Crippen LogP contribution in [-0.4, -0.2) is 32.3 Å². The second-order valence-electron chi connectivity index (χ2n) is 5.91. The van der Waals surface area contributed by atoms with Gasteiger partial charge in [0.05, 0.1) is 10.8 Å². The Morgan fingerprint density at radius 3 is 3.04 bits per heavy atom. The van der Waals surface area contributed by atoms with Gasteiger partial charge in [-0.2, -0.15) is 0 Å². The number of fused-ring (bicyclic) bond motifs is 3. The number of nitrogens with zero attached hydrogens (tertiary/aromatic N) is 3. The zero-order valence-electron chi connectivity index (χ0n) is 13.0. The van der Waals surface area contributed by atoms with Crippen molar-refractivity contribution in [2.24, 2.45) is 0 Å². The van der Waals surface area contributed by atoms with Gasteiger partial charge in [-0.3, -0.25) is 9.20 Å². The summed E-state index contributed by atoms with van der Waals surface area (Å²) in [5.41, 5.74) is 3.10. The molecule has 0 bridgehead atoms. The fourth-order valence-electron chi connectivity index (χ4n) is 3.10. The van der Waals surface area contributed by atoms with Gasteiger partial charge in [0.2, 0.25) is 5.91 Å². The standard InChI is InChI=1S/C17H18N4OS/c1-11-10-15-19-20-17(21(15)13-7-3-2-6-12(11)13)23-14-8-4-5-9-18-16(14)22/h2-3,6-7,10,14H,4-5,8-9H2,1H3,(H,18,22). The summed E-state index contributed by atoms with van der Waals surface area (Å²) in [6, 6.07) is 10.3. The van der Waals surface area contributed by atoms with Crippen LogP contribution in [0.5, 0.6) is 0 Å². The van der Waals surface area contributed by atoms with Crippen molar-refractivity contribution in [3.8, 4) is 0 Å². The van der Waals surface area contributed by atoms with Crippen LogP contribution < -0.4 is 5.32 Å². The molecule has 1 saturated heterocycles. The van der Waals surface area contributed by atoms with E-state index in [4.69, 9.17) is 0 Å². The van der Waals surface area contributed by atoms with Crippen LogP contribution in [0.15, 0.2) is 35.5 Å². The van der Waals surface area contributed by atoms with E-state index in [2.05, 4.69) is 39.0 Å². The van der Waals surface area contributed by atoms with E-state index >= 15 is 0 Å². The number of benzene rings is 1. The number of amides is 1. The van der Waals surface area contributed by atoms with Crippen LogP contribution in [0.1, 0.15) is 24.8 Å². The van der Waals surface area contributed by atoms with Crippen LogP contribution in [0.2, 0.25) is 0 Å². The van der Waals surface area contributed by atoms with Crippen LogP contribution in [-0.2, 0) is 4.79 Å². The van der Waals surface area contributed by atoms with E-state index in [0.717, 1.165) is 42.1 Å². The average Bonchev–Trinajstić information content (AvgIpc) is 2.84. The van der Waals surface area contributed by atoms with Crippen LogP contribution in [0.25, 0.3) is 16.6 Å². The third kappa shape index (κ3) is 2.57. The molecule has 1 aliphatic rings. The predicted molar refractivity (Wildman–Crippen MR) is 91.7 cm³/mol. The van der Waals surface area contributed by atoms with Crippen LogP contribution >= 0.6 is 11.8 Å². The summed E-state index contributed by atoms with van der Waals surface area (Å²) in [6.07, 6.45) is 2.99. The molecule has 6 heteroatoms. The Bertz CT molecular complexity index is 889. The number of rotatable bonds is 2. The van der Waals surface area contributed by atoms with E-state index in [1.807, 2.05) is 18.2 Å². The highest BCUT2D eigenvalue weighted by Crippen LogP contribution is 2.30. The van der Waals surface area contributed by atoms with Gasteiger partial charge in [-0.25, -0.2) is 0 Å². The van der Waals surface area contributed by atoms with Gasteiger partial charge in [-0.05, 0) is 37.5 Å². The average molecular weight is 326 g/mol. The number of thioether (sulfide) groups is 1. The minimum Gasteiger partial charge on any atom is -0.355 e. The first-order valence-electron chi connectivity index (χ1n) is 7.92. The van der Waals surface area contributed by atoms with E-state index in [1.54, 1.807) is 0 Å². The minimum atomic E-state index is -0.0926. The largest absolute Gasteiger partial charge is 0.355 e. The normalized spacial score (nSPS) is 19.0. The Morgan fingerprint density at radius 2 is 2.13 bits per heavy atom. The third-order valence-electron chi connectivity index (χ3n) is 4.31. The van der Waals surface area contributed by atoms with E-state index in [9.17, 15) is 4.79 Å². The fourth-order valence-corrected chi connectivity index (χ4v) is 4.22. The number of carbonyl (C=O) groups excluding carboxylic acids is 1. The number of hydrogen-bond donors (Lipinski definition) is 1. The summed E-state index contributed by atoms with van der Waals surface area (Å²) in [6.45, 7) is 2.86. The lowest BCUT2D eigenvalue weighted by Crippen LogP contribution is -2.30. The van der Waals surface area contributed by atoms with Crippen LogP contribution in [0.3, 0.4) is 0 Å². The SMILES string of the molecule is Cc1cc2nnc(SC3CCCCNC3=O)n2c2ccccc12. The highest BCUT2D eigenvalue weighted by molar-refractivity contribution is 8.00. The molecule has 1 fully saturated rings. The first-order chi connectivity index (χ1) is 11.2. The molecule has 0 radical (unpaired) electrons. The Labute approximate surface area is 138 Å². The number of nitrogens with one attached hydrogen (secondary N) is 1. The molecule has 1 unspecified atom stereocenters. The summed E-state index contributed by atoms with van der Waals surface area (Å²) < 4.78 is 2.06. The molecule has 0 saturated carbocycles. The monoisotopic (exact) mass is 326 g/mol. The zero-order chi connectivity index (χ0) is 15.8. The number of hydrogen-bond acceptors (Lipinski definition) is 4. The van der Waals surface area contributed by atoms with Crippen LogP contribution in [0.4, 0.5) is 0 Å². The summed E-state index contributed by atoms with van der Waals surface area (Å²) in [4.78, 5) is 12.2.